The van der Waals surface area contributed by atoms with Crippen LogP contribution in [0.15, 0.2) is 12.1 Å². The van der Waals surface area contributed by atoms with Crippen molar-refractivity contribution in [2.75, 3.05) is 14.2 Å². The van der Waals surface area contributed by atoms with Crippen molar-refractivity contribution in [2.24, 2.45) is 0 Å². The summed E-state index contributed by atoms with van der Waals surface area (Å²) in [6.07, 6.45) is -0.0247. The average molecular weight is 299 g/mol. The van der Waals surface area contributed by atoms with Crippen LogP contribution in [0.25, 0.3) is 10.9 Å². The van der Waals surface area contributed by atoms with Gasteiger partial charge in [0.25, 0.3) is 0 Å². The first-order chi connectivity index (χ1) is 9.49. The number of rotatable bonds is 5. The molecule has 0 radical (unpaired) electrons. The smallest absolute Gasteiger partial charge is 0.550 e. The second-order valence-corrected chi connectivity index (χ2v) is 4.73. The Labute approximate surface area is 146 Å². The Morgan fingerprint density at radius 3 is 2.43 bits per heavy atom. The quantitative estimate of drug-likeness (QED) is 0.625. The number of aliphatic carboxylic acids is 1. The number of fused-ring (bicyclic) bond motifs is 1. The van der Waals surface area contributed by atoms with E-state index < -0.39 is 5.97 Å². The standard InChI is InChI=1S/C15H19NO4.Na/c1-9-7-11-12(16(9)6-5-14(17)18)8-13(19-3)10(2)15(11)20-4;/h7-8H,5-6H2,1-4H3,(H,17,18);/q;+1/p-1. The molecule has 0 aliphatic carbocycles. The van der Waals surface area contributed by atoms with Gasteiger partial charge in [-0.05, 0) is 19.9 Å². The zero-order chi connectivity index (χ0) is 14.9. The number of carboxylic acid groups (broad SMARTS) is 1. The van der Waals surface area contributed by atoms with Crippen molar-refractivity contribution >= 4 is 16.9 Å². The van der Waals surface area contributed by atoms with Crippen molar-refractivity contribution in [2.45, 2.75) is 26.8 Å². The van der Waals surface area contributed by atoms with Gasteiger partial charge in [0.1, 0.15) is 11.5 Å². The molecule has 0 atom stereocenters. The molecule has 1 heterocycles. The minimum Gasteiger partial charge on any atom is -0.550 e. The Hall–Kier alpha value is -1.17. The summed E-state index contributed by atoms with van der Waals surface area (Å²) in [6, 6.07) is 3.91. The van der Waals surface area contributed by atoms with E-state index in [-0.39, 0.29) is 36.0 Å². The molecule has 2 aromatic rings. The number of ether oxygens (including phenoxy) is 2. The Bertz CT molecular complexity index is 663. The molecule has 108 valence electrons. The maximum atomic E-state index is 10.7. The predicted molar refractivity (Wildman–Crippen MR) is 74.1 cm³/mol. The number of carbonyl (C=O) groups is 1. The molecule has 0 N–H and O–H groups in total. The fraction of sp³-hybridized carbons (Fsp3) is 0.400. The molecule has 0 spiro atoms. The topological polar surface area (TPSA) is 63.5 Å². The Morgan fingerprint density at radius 2 is 1.90 bits per heavy atom. The summed E-state index contributed by atoms with van der Waals surface area (Å²) in [5, 5.41) is 11.6. The second-order valence-electron chi connectivity index (χ2n) is 4.73. The molecule has 0 aliphatic rings. The van der Waals surface area contributed by atoms with E-state index in [9.17, 15) is 9.90 Å². The third-order valence-electron chi connectivity index (χ3n) is 3.53. The average Bonchev–Trinajstić information content (AvgIpc) is 2.71. The monoisotopic (exact) mass is 299 g/mol. The van der Waals surface area contributed by atoms with Gasteiger partial charge < -0.3 is 23.9 Å². The van der Waals surface area contributed by atoms with Crippen LogP contribution in [0.4, 0.5) is 0 Å². The summed E-state index contributed by atoms with van der Waals surface area (Å²) < 4.78 is 12.8. The van der Waals surface area contributed by atoms with Crippen molar-refractivity contribution < 1.29 is 48.9 Å². The largest absolute Gasteiger partial charge is 1.00 e. The van der Waals surface area contributed by atoms with Crippen LogP contribution in [0.2, 0.25) is 0 Å². The van der Waals surface area contributed by atoms with Gasteiger partial charge in [-0.1, -0.05) is 0 Å². The van der Waals surface area contributed by atoms with Crippen molar-refractivity contribution in [1.82, 2.24) is 4.57 Å². The van der Waals surface area contributed by atoms with Crippen LogP contribution < -0.4 is 44.1 Å². The van der Waals surface area contributed by atoms with Gasteiger partial charge in [-0.15, -0.1) is 0 Å². The van der Waals surface area contributed by atoms with Crippen LogP contribution in [-0.4, -0.2) is 24.8 Å². The van der Waals surface area contributed by atoms with Crippen molar-refractivity contribution in [3.8, 4) is 11.5 Å². The number of carbonyl (C=O) groups excluding carboxylic acids is 1. The molecule has 0 unspecified atom stereocenters. The summed E-state index contributed by atoms with van der Waals surface area (Å²) in [5.74, 6) is 0.425. The molecule has 0 saturated heterocycles. The second kappa shape index (κ2) is 7.20. The van der Waals surface area contributed by atoms with Crippen LogP contribution in [0, 0.1) is 13.8 Å². The molecule has 0 fully saturated rings. The number of benzene rings is 1. The molecule has 1 aromatic carbocycles. The predicted octanol–water partition coefficient (Wildman–Crippen LogP) is -1.58. The van der Waals surface area contributed by atoms with Gasteiger partial charge >= 0.3 is 29.6 Å². The number of methoxy groups -OCH3 is 2. The number of hydrogen-bond donors (Lipinski definition) is 0. The zero-order valence-electron chi connectivity index (χ0n) is 13.1. The number of nitrogens with zero attached hydrogens (tertiary/aromatic N) is 1. The van der Waals surface area contributed by atoms with E-state index in [1.54, 1.807) is 14.2 Å². The Balaban J connectivity index is 0.00000220. The number of aromatic nitrogens is 1. The van der Waals surface area contributed by atoms with E-state index in [1.165, 1.54) is 0 Å². The van der Waals surface area contributed by atoms with Crippen LogP contribution >= 0.6 is 0 Å². The minimum atomic E-state index is -1.06. The van der Waals surface area contributed by atoms with E-state index in [4.69, 9.17) is 9.47 Å². The third kappa shape index (κ3) is 3.36. The summed E-state index contributed by atoms with van der Waals surface area (Å²) in [6.45, 7) is 4.24. The first-order valence-electron chi connectivity index (χ1n) is 6.40. The molecular formula is C15H18NNaO4. The summed E-state index contributed by atoms with van der Waals surface area (Å²) in [7, 11) is 3.23. The molecule has 0 aliphatic heterocycles. The Morgan fingerprint density at radius 1 is 1.24 bits per heavy atom. The molecule has 0 amide bonds. The fourth-order valence-electron chi connectivity index (χ4n) is 2.55. The summed E-state index contributed by atoms with van der Waals surface area (Å²) >= 11 is 0. The van der Waals surface area contributed by atoms with Crippen molar-refractivity contribution in [1.29, 1.82) is 0 Å². The van der Waals surface area contributed by atoms with Gasteiger partial charge in [-0.25, -0.2) is 0 Å². The molecule has 0 saturated carbocycles. The third-order valence-corrected chi connectivity index (χ3v) is 3.53. The molecule has 6 heteroatoms. The molecule has 21 heavy (non-hydrogen) atoms. The molecule has 0 bridgehead atoms. The van der Waals surface area contributed by atoms with E-state index in [1.807, 2.05) is 30.5 Å². The maximum Gasteiger partial charge on any atom is 1.00 e. The zero-order valence-corrected chi connectivity index (χ0v) is 15.1. The van der Waals surface area contributed by atoms with Crippen LogP contribution in [0.1, 0.15) is 17.7 Å². The number of aryl methyl sites for hydroxylation is 2. The van der Waals surface area contributed by atoms with E-state index >= 15 is 0 Å². The molecule has 5 nitrogen and oxygen atoms in total. The summed E-state index contributed by atoms with van der Waals surface area (Å²) in [4.78, 5) is 10.7. The van der Waals surface area contributed by atoms with Crippen molar-refractivity contribution in [3.05, 3.63) is 23.4 Å². The van der Waals surface area contributed by atoms with Crippen LogP contribution in [-0.2, 0) is 11.3 Å². The fourth-order valence-corrected chi connectivity index (χ4v) is 2.55. The number of hydrogen-bond acceptors (Lipinski definition) is 4. The maximum absolute atomic E-state index is 10.7. The first-order valence-corrected chi connectivity index (χ1v) is 6.40. The molecule has 1 aromatic heterocycles. The van der Waals surface area contributed by atoms with Gasteiger partial charge in [0.15, 0.2) is 0 Å². The van der Waals surface area contributed by atoms with Gasteiger partial charge in [-0.3, -0.25) is 0 Å². The molecule has 2 rings (SSSR count). The van der Waals surface area contributed by atoms with E-state index in [2.05, 4.69) is 0 Å². The van der Waals surface area contributed by atoms with E-state index in [0.717, 1.165) is 33.7 Å². The van der Waals surface area contributed by atoms with Crippen LogP contribution in [0.5, 0.6) is 11.5 Å². The van der Waals surface area contributed by atoms with Gasteiger partial charge in [-0.2, -0.15) is 0 Å². The van der Waals surface area contributed by atoms with Gasteiger partial charge in [0, 0.05) is 41.6 Å². The number of carboxylic acids is 1. The SMILES string of the molecule is COc1cc2c(cc(C)n2CCC(=O)[O-])c(OC)c1C.[Na+]. The van der Waals surface area contributed by atoms with Crippen LogP contribution in [0.3, 0.4) is 0 Å². The van der Waals surface area contributed by atoms with Gasteiger partial charge in [0.2, 0.25) is 0 Å². The first kappa shape index (κ1) is 17.9. The van der Waals surface area contributed by atoms with Crippen molar-refractivity contribution in [3.63, 3.8) is 0 Å². The summed E-state index contributed by atoms with van der Waals surface area (Å²) in [5.41, 5.74) is 2.81. The molecular weight excluding hydrogens is 281 g/mol. The van der Waals surface area contributed by atoms with E-state index in [0.29, 0.717) is 6.54 Å². The Kier molecular flexibility index (Phi) is 6.13. The minimum absolute atomic E-state index is 0. The normalized spacial score (nSPS) is 10.3. The van der Waals surface area contributed by atoms with Gasteiger partial charge in [0.05, 0.1) is 19.7 Å².